The van der Waals surface area contributed by atoms with Gasteiger partial charge in [-0.15, -0.1) is 0 Å². The van der Waals surface area contributed by atoms with Gasteiger partial charge in [0.15, 0.2) is 0 Å². The number of nitrogens with zero attached hydrogens (tertiary/aromatic N) is 3. The second kappa shape index (κ2) is 14.2. The highest BCUT2D eigenvalue weighted by atomic mass is 19.4. The van der Waals surface area contributed by atoms with Crippen LogP contribution in [0.2, 0.25) is 0 Å². The van der Waals surface area contributed by atoms with Crippen LogP contribution in [0.25, 0.3) is 0 Å². The number of ether oxygens (including phenoxy) is 2. The van der Waals surface area contributed by atoms with E-state index in [2.05, 4.69) is 20.5 Å². The largest absolute Gasteiger partial charge is 0.494 e. The van der Waals surface area contributed by atoms with Gasteiger partial charge in [0.25, 0.3) is 5.91 Å². The third kappa shape index (κ3) is 8.89. The number of hydrogen-bond donors (Lipinski definition) is 3. The van der Waals surface area contributed by atoms with Crippen LogP contribution in [0, 0.1) is 0 Å². The monoisotopic (exact) mass is 629 g/mol. The minimum absolute atomic E-state index is 0.171. The lowest BCUT2D eigenvalue weighted by Crippen LogP contribution is -2.36. The lowest BCUT2D eigenvalue weighted by atomic mass is 10.1. The number of amides is 1. The Hall–Kier alpha value is -4.73. The van der Waals surface area contributed by atoms with Gasteiger partial charge >= 0.3 is 18.3 Å². The van der Waals surface area contributed by atoms with Crippen molar-refractivity contribution in [1.82, 2.24) is 9.88 Å². The van der Waals surface area contributed by atoms with Gasteiger partial charge in [0.05, 0.1) is 48.5 Å². The zero-order valence-corrected chi connectivity index (χ0v) is 23.7. The SMILES string of the molecule is COc1cc(N2CCOCC2)ccc1Nc1cc(Nc2ccccc2C(=O)N(C)C)c(C(F)(F)F)cn1.O=C(O)C(F)(F)F. The van der Waals surface area contributed by atoms with Crippen molar-refractivity contribution in [2.24, 2.45) is 0 Å². The maximum atomic E-state index is 13.8. The number of methoxy groups -OCH3 is 1. The van der Waals surface area contributed by atoms with Crippen molar-refractivity contribution < 1.29 is 50.5 Å². The molecule has 2 aromatic carbocycles. The van der Waals surface area contributed by atoms with Crippen molar-refractivity contribution in [2.45, 2.75) is 12.4 Å². The van der Waals surface area contributed by atoms with E-state index in [-0.39, 0.29) is 28.7 Å². The topological polar surface area (TPSA) is 116 Å². The summed E-state index contributed by atoms with van der Waals surface area (Å²) >= 11 is 0. The predicted octanol–water partition coefficient (Wildman–Crippen LogP) is 5.77. The molecule has 0 radical (unpaired) electrons. The molecule has 1 aliphatic rings. The van der Waals surface area contributed by atoms with Crippen LogP contribution in [-0.2, 0) is 15.7 Å². The molecule has 0 unspecified atom stereocenters. The summed E-state index contributed by atoms with van der Waals surface area (Å²) in [6.45, 7) is 2.78. The van der Waals surface area contributed by atoms with Gasteiger partial charge in [-0.25, -0.2) is 9.78 Å². The van der Waals surface area contributed by atoms with Crippen LogP contribution >= 0.6 is 0 Å². The summed E-state index contributed by atoms with van der Waals surface area (Å²) in [7, 11) is 4.67. The number of pyridine rings is 1. The van der Waals surface area contributed by atoms with Gasteiger partial charge in [0.2, 0.25) is 0 Å². The number of alkyl halides is 6. The molecular weight excluding hydrogens is 600 g/mol. The number of benzene rings is 2. The summed E-state index contributed by atoms with van der Waals surface area (Å²) < 4.78 is 84.2. The number of carboxylic acid groups (broad SMARTS) is 1. The van der Waals surface area contributed by atoms with Crippen LogP contribution in [0.15, 0.2) is 54.7 Å². The fraction of sp³-hybridized carbons (Fsp3) is 0.321. The first kappa shape index (κ1) is 33.8. The minimum atomic E-state index is -5.08. The summed E-state index contributed by atoms with van der Waals surface area (Å²) in [5, 5.41) is 13.0. The summed E-state index contributed by atoms with van der Waals surface area (Å²) in [5.41, 5.74) is 0.785. The van der Waals surface area contributed by atoms with Crippen molar-refractivity contribution >= 4 is 40.4 Å². The highest BCUT2D eigenvalue weighted by molar-refractivity contribution is 6.00. The molecule has 0 aliphatic carbocycles. The van der Waals surface area contributed by atoms with Gasteiger partial charge in [-0.05, 0) is 24.3 Å². The number of aliphatic carboxylic acids is 1. The van der Waals surface area contributed by atoms with Crippen LogP contribution < -0.4 is 20.3 Å². The van der Waals surface area contributed by atoms with Gasteiger partial charge in [0.1, 0.15) is 11.6 Å². The molecule has 1 saturated heterocycles. The van der Waals surface area contributed by atoms with E-state index < -0.39 is 23.9 Å². The number of aromatic nitrogens is 1. The van der Waals surface area contributed by atoms with E-state index in [1.54, 1.807) is 44.4 Å². The van der Waals surface area contributed by atoms with Gasteiger partial charge in [-0.3, -0.25) is 4.79 Å². The zero-order valence-electron chi connectivity index (χ0n) is 23.7. The summed E-state index contributed by atoms with van der Waals surface area (Å²) in [6.07, 6.45) is -8.98. The van der Waals surface area contributed by atoms with E-state index in [9.17, 15) is 31.1 Å². The molecule has 0 saturated carbocycles. The molecular formula is C28H29F6N5O5. The zero-order chi connectivity index (χ0) is 32.7. The Morgan fingerprint density at radius 2 is 1.59 bits per heavy atom. The Morgan fingerprint density at radius 1 is 0.955 bits per heavy atom. The third-order valence-electron chi connectivity index (χ3n) is 6.11. The van der Waals surface area contributed by atoms with E-state index in [1.165, 1.54) is 18.1 Å². The van der Waals surface area contributed by atoms with Crippen LogP contribution in [0.5, 0.6) is 5.75 Å². The maximum absolute atomic E-state index is 13.8. The molecule has 10 nitrogen and oxygen atoms in total. The van der Waals surface area contributed by atoms with Crippen LogP contribution in [0.1, 0.15) is 15.9 Å². The first-order valence-electron chi connectivity index (χ1n) is 12.8. The first-order chi connectivity index (χ1) is 20.6. The molecule has 16 heteroatoms. The highest BCUT2D eigenvalue weighted by Crippen LogP contribution is 2.39. The van der Waals surface area contributed by atoms with Gasteiger partial charge in [-0.2, -0.15) is 26.3 Å². The predicted molar refractivity (Wildman–Crippen MR) is 150 cm³/mol. The molecule has 238 valence electrons. The van der Waals surface area contributed by atoms with Crippen LogP contribution in [0.3, 0.4) is 0 Å². The third-order valence-corrected chi connectivity index (χ3v) is 6.11. The fourth-order valence-electron chi connectivity index (χ4n) is 3.96. The number of carboxylic acids is 1. The van der Waals surface area contributed by atoms with Crippen molar-refractivity contribution in [3.8, 4) is 5.75 Å². The van der Waals surface area contributed by atoms with Crippen molar-refractivity contribution in [1.29, 1.82) is 0 Å². The number of hydrogen-bond acceptors (Lipinski definition) is 8. The molecule has 0 bridgehead atoms. The number of nitrogens with one attached hydrogen (secondary N) is 2. The number of morpholine rings is 1. The first-order valence-corrected chi connectivity index (χ1v) is 12.8. The number of rotatable bonds is 7. The van der Waals surface area contributed by atoms with E-state index in [0.29, 0.717) is 24.7 Å². The molecule has 1 aromatic heterocycles. The number of para-hydroxylation sites is 1. The minimum Gasteiger partial charge on any atom is -0.494 e. The lowest BCUT2D eigenvalue weighted by molar-refractivity contribution is -0.192. The second-order valence-electron chi connectivity index (χ2n) is 9.39. The van der Waals surface area contributed by atoms with Crippen LogP contribution in [-0.4, -0.2) is 80.6 Å². The normalized spacial score (nSPS) is 13.3. The molecule has 1 aliphatic heterocycles. The number of anilines is 5. The Morgan fingerprint density at radius 3 is 2.16 bits per heavy atom. The molecule has 1 amide bonds. The van der Waals surface area contributed by atoms with E-state index in [0.717, 1.165) is 25.0 Å². The second-order valence-corrected chi connectivity index (χ2v) is 9.39. The quantitative estimate of drug-likeness (QED) is 0.280. The Labute approximate surface area is 248 Å². The number of halogens is 6. The van der Waals surface area contributed by atoms with Gasteiger partial charge in [0, 0.05) is 51.2 Å². The van der Waals surface area contributed by atoms with E-state index in [4.69, 9.17) is 19.4 Å². The van der Waals surface area contributed by atoms with Gasteiger partial charge < -0.3 is 35.0 Å². The van der Waals surface area contributed by atoms with Crippen molar-refractivity contribution in [3.63, 3.8) is 0 Å². The molecule has 3 aromatic rings. The highest BCUT2D eigenvalue weighted by Gasteiger charge is 2.38. The number of carbonyl (C=O) groups is 2. The molecule has 3 N–H and O–H groups in total. The smallest absolute Gasteiger partial charge is 0.490 e. The summed E-state index contributed by atoms with van der Waals surface area (Å²) in [6, 6.07) is 13.2. The Balaban J connectivity index is 0.000000676. The maximum Gasteiger partial charge on any atom is 0.490 e. The number of carbonyl (C=O) groups excluding carboxylic acids is 1. The molecule has 4 rings (SSSR count). The lowest BCUT2D eigenvalue weighted by Gasteiger charge is -2.29. The fourth-order valence-corrected chi connectivity index (χ4v) is 3.96. The van der Waals surface area contributed by atoms with Crippen LogP contribution in [0.4, 0.5) is 54.9 Å². The van der Waals surface area contributed by atoms with E-state index >= 15 is 0 Å². The molecule has 0 atom stereocenters. The van der Waals surface area contributed by atoms with Crippen molar-refractivity contribution in [2.75, 3.05) is 63.0 Å². The average molecular weight is 630 g/mol. The molecule has 2 heterocycles. The Bertz CT molecular complexity index is 1460. The summed E-state index contributed by atoms with van der Waals surface area (Å²) in [5.74, 6) is -2.41. The molecule has 44 heavy (non-hydrogen) atoms. The van der Waals surface area contributed by atoms with Crippen molar-refractivity contribution in [3.05, 3.63) is 65.9 Å². The molecule has 1 fully saturated rings. The standard InChI is InChI=1S/C26H28F3N5O3.C2HF3O2/c1-33(2)25(35)18-6-4-5-7-20(18)31-22-15-24(30-16-19(22)26(27,28)29)32-21-9-8-17(14-23(21)36-3)34-10-12-37-13-11-34;3-2(4,5)1(6)7/h4-9,14-16H,10-13H2,1-3H3,(H2,30,31,32);(H,6,7). The van der Waals surface area contributed by atoms with E-state index in [1.807, 2.05) is 12.1 Å². The summed E-state index contributed by atoms with van der Waals surface area (Å²) in [4.78, 5) is 29.0. The average Bonchev–Trinajstić information content (AvgIpc) is 2.97. The Kier molecular flexibility index (Phi) is 10.9. The van der Waals surface area contributed by atoms with Gasteiger partial charge in [-0.1, -0.05) is 12.1 Å². The molecule has 0 spiro atoms.